The predicted octanol–water partition coefficient (Wildman–Crippen LogP) is 1.76. The fraction of sp³-hybridized carbons (Fsp3) is 0. The zero-order chi connectivity index (χ0) is 11.0. The van der Waals surface area contributed by atoms with Crippen molar-refractivity contribution in [1.29, 1.82) is 0 Å². The number of benzene rings is 1. The van der Waals surface area contributed by atoms with E-state index in [1.807, 2.05) is 0 Å². The second kappa shape index (κ2) is 3.51. The lowest BCUT2D eigenvalue weighted by molar-refractivity contribution is -0.121. The molecule has 0 saturated carbocycles. The lowest BCUT2D eigenvalue weighted by Gasteiger charge is -2.13. The standard InChI is InChI=1S/C10H6BrNO3/c11-6-1-3-7(4-2-6)12-9(14)5-8(13)10(12)15/h1-5,13H. The monoisotopic (exact) mass is 267 g/mol. The molecule has 0 aromatic heterocycles. The van der Waals surface area contributed by atoms with E-state index in [9.17, 15) is 9.59 Å². The van der Waals surface area contributed by atoms with Gasteiger partial charge in [-0.05, 0) is 24.3 Å². The molecular formula is C10H6BrNO3. The fourth-order valence-electron chi connectivity index (χ4n) is 1.29. The number of hydrogen-bond donors (Lipinski definition) is 1. The molecule has 1 aromatic rings. The van der Waals surface area contributed by atoms with Gasteiger partial charge in [0.05, 0.1) is 11.8 Å². The Balaban J connectivity index is 2.38. The number of amides is 2. The van der Waals surface area contributed by atoms with E-state index in [-0.39, 0.29) is 0 Å². The van der Waals surface area contributed by atoms with E-state index >= 15 is 0 Å². The van der Waals surface area contributed by atoms with Crippen molar-refractivity contribution in [1.82, 2.24) is 0 Å². The summed E-state index contributed by atoms with van der Waals surface area (Å²) in [6.07, 6.45) is 0.907. The second-order valence-electron chi connectivity index (χ2n) is 2.98. The van der Waals surface area contributed by atoms with Gasteiger partial charge < -0.3 is 5.11 Å². The molecule has 4 nitrogen and oxygen atoms in total. The van der Waals surface area contributed by atoms with Gasteiger partial charge in [-0.25, -0.2) is 4.90 Å². The molecule has 1 N–H and O–H groups in total. The van der Waals surface area contributed by atoms with Gasteiger partial charge in [0.15, 0.2) is 5.76 Å². The third kappa shape index (κ3) is 1.66. The van der Waals surface area contributed by atoms with Crippen LogP contribution in [0, 0.1) is 0 Å². The second-order valence-corrected chi connectivity index (χ2v) is 3.90. The Morgan fingerprint density at radius 2 is 1.73 bits per heavy atom. The summed E-state index contributed by atoms with van der Waals surface area (Å²) in [7, 11) is 0. The van der Waals surface area contributed by atoms with Crippen LogP contribution in [-0.2, 0) is 9.59 Å². The minimum absolute atomic E-state index is 0.438. The average molecular weight is 268 g/mol. The number of aliphatic hydroxyl groups is 1. The first-order valence-corrected chi connectivity index (χ1v) is 4.93. The normalized spacial score (nSPS) is 15.8. The van der Waals surface area contributed by atoms with Gasteiger partial charge in [-0.15, -0.1) is 0 Å². The minimum Gasteiger partial charge on any atom is -0.503 e. The Kier molecular flexibility index (Phi) is 2.32. The summed E-state index contributed by atoms with van der Waals surface area (Å²) < 4.78 is 0.850. The van der Waals surface area contributed by atoms with Crippen molar-refractivity contribution >= 4 is 33.4 Å². The number of carbonyl (C=O) groups is 2. The van der Waals surface area contributed by atoms with Crippen LogP contribution in [0.1, 0.15) is 0 Å². The number of carbonyl (C=O) groups excluding carboxylic acids is 2. The quantitative estimate of drug-likeness (QED) is 0.789. The van der Waals surface area contributed by atoms with Crippen molar-refractivity contribution in [3.8, 4) is 0 Å². The molecule has 1 aliphatic rings. The topological polar surface area (TPSA) is 57.6 Å². The Hall–Kier alpha value is -1.62. The minimum atomic E-state index is -0.692. The number of rotatable bonds is 1. The Morgan fingerprint density at radius 3 is 2.20 bits per heavy atom. The van der Waals surface area contributed by atoms with Crippen molar-refractivity contribution in [3.63, 3.8) is 0 Å². The molecule has 1 aliphatic heterocycles. The van der Waals surface area contributed by atoms with Crippen LogP contribution < -0.4 is 4.90 Å². The van der Waals surface area contributed by atoms with Gasteiger partial charge in [0, 0.05) is 4.47 Å². The van der Waals surface area contributed by atoms with Crippen LogP contribution in [-0.4, -0.2) is 16.9 Å². The van der Waals surface area contributed by atoms with Crippen LogP contribution in [0.2, 0.25) is 0 Å². The summed E-state index contributed by atoms with van der Waals surface area (Å²) in [5.41, 5.74) is 0.438. The summed E-state index contributed by atoms with van der Waals surface area (Å²) in [5, 5.41) is 9.09. The predicted molar refractivity (Wildman–Crippen MR) is 57.3 cm³/mol. The van der Waals surface area contributed by atoms with Crippen LogP contribution in [0.4, 0.5) is 5.69 Å². The molecule has 2 rings (SSSR count). The number of halogens is 1. The molecule has 0 saturated heterocycles. The van der Waals surface area contributed by atoms with E-state index in [0.717, 1.165) is 15.4 Å². The molecule has 0 bridgehead atoms. The van der Waals surface area contributed by atoms with Gasteiger partial charge >= 0.3 is 0 Å². The zero-order valence-corrected chi connectivity index (χ0v) is 9.06. The van der Waals surface area contributed by atoms with E-state index in [1.54, 1.807) is 24.3 Å². The van der Waals surface area contributed by atoms with Gasteiger partial charge in [0.1, 0.15) is 0 Å². The highest BCUT2D eigenvalue weighted by atomic mass is 79.9. The summed E-state index contributed by atoms with van der Waals surface area (Å²) in [5.74, 6) is -1.75. The van der Waals surface area contributed by atoms with E-state index in [1.165, 1.54) is 0 Å². The van der Waals surface area contributed by atoms with Crippen molar-refractivity contribution in [2.24, 2.45) is 0 Å². The molecular weight excluding hydrogens is 262 g/mol. The molecule has 0 atom stereocenters. The van der Waals surface area contributed by atoms with Gasteiger partial charge in [-0.1, -0.05) is 15.9 Å². The van der Waals surface area contributed by atoms with Gasteiger partial charge in [0.2, 0.25) is 0 Å². The highest BCUT2D eigenvalue weighted by Crippen LogP contribution is 2.23. The summed E-state index contributed by atoms with van der Waals surface area (Å²) >= 11 is 3.25. The molecule has 0 fully saturated rings. The Bertz CT molecular complexity index is 464. The molecule has 76 valence electrons. The molecule has 5 heteroatoms. The SMILES string of the molecule is O=C1C=C(O)C(=O)N1c1ccc(Br)cc1. The highest BCUT2D eigenvalue weighted by Gasteiger charge is 2.31. The fourth-order valence-corrected chi connectivity index (χ4v) is 1.56. The van der Waals surface area contributed by atoms with Crippen LogP contribution in [0.3, 0.4) is 0 Å². The maximum Gasteiger partial charge on any atom is 0.300 e. The molecule has 1 heterocycles. The first-order valence-electron chi connectivity index (χ1n) is 4.14. The largest absolute Gasteiger partial charge is 0.503 e. The number of hydrogen-bond acceptors (Lipinski definition) is 3. The third-order valence-electron chi connectivity index (χ3n) is 1.99. The Labute approximate surface area is 93.9 Å². The molecule has 2 amide bonds. The number of imide groups is 1. The first kappa shape index (κ1) is 9.92. The molecule has 0 radical (unpaired) electrons. The van der Waals surface area contributed by atoms with Crippen LogP contribution >= 0.6 is 15.9 Å². The smallest absolute Gasteiger partial charge is 0.300 e. The number of nitrogens with zero attached hydrogens (tertiary/aromatic N) is 1. The van der Waals surface area contributed by atoms with Gasteiger partial charge in [0.25, 0.3) is 11.8 Å². The van der Waals surface area contributed by atoms with Crippen molar-refractivity contribution < 1.29 is 14.7 Å². The molecule has 1 aromatic carbocycles. The van der Waals surface area contributed by atoms with Crippen molar-refractivity contribution in [2.75, 3.05) is 4.90 Å². The zero-order valence-electron chi connectivity index (χ0n) is 7.48. The van der Waals surface area contributed by atoms with Crippen molar-refractivity contribution in [3.05, 3.63) is 40.6 Å². The number of anilines is 1. The van der Waals surface area contributed by atoms with E-state index in [0.29, 0.717) is 5.69 Å². The molecule has 15 heavy (non-hydrogen) atoms. The highest BCUT2D eigenvalue weighted by molar-refractivity contribution is 9.10. The summed E-state index contributed by atoms with van der Waals surface area (Å²) in [4.78, 5) is 23.6. The lowest BCUT2D eigenvalue weighted by atomic mass is 10.3. The molecule has 0 aliphatic carbocycles. The van der Waals surface area contributed by atoms with Crippen LogP contribution in [0.25, 0.3) is 0 Å². The van der Waals surface area contributed by atoms with Crippen LogP contribution in [0.15, 0.2) is 40.6 Å². The maximum absolute atomic E-state index is 11.4. The average Bonchev–Trinajstić information content (AvgIpc) is 2.44. The van der Waals surface area contributed by atoms with E-state index in [2.05, 4.69) is 15.9 Å². The summed E-state index contributed by atoms with van der Waals surface area (Å²) in [6.45, 7) is 0. The third-order valence-corrected chi connectivity index (χ3v) is 2.52. The van der Waals surface area contributed by atoms with E-state index in [4.69, 9.17) is 5.11 Å². The molecule has 0 spiro atoms. The maximum atomic E-state index is 11.4. The first-order chi connectivity index (χ1) is 7.09. The van der Waals surface area contributed by atoms with Gasteiger partial charge in [-0.3, -0.25) is 9.59 Å². The molecule has 0 unspecified atom stereocenters. The number of aliphatic hydroxyl groups excluding tert-OH is 1. The van der Waals surface area contributed by atoms with Gasteiger partial charge in [-0.2, -0.15) is 0 Å². The van der Waals surface area contributed by atoms with Crippen molar-refractivity contribution in [2.45, 2.75) is 0 Å². The summed E-state index contributed by atoms with van der Waals surface area (Å²) in [6, 6.07) is 6.66. The van der Waals surface area contributed by atoms with Crippen LogP contribution in [0.5, 0.6) is 0 Å². The lowest BCUT2D eigenvalue weighted by Crippen LogP contribution is -2.30. The Morgan fingerprint density at radius 1 is 1.13 bits per heavy atom. The van der Waals surface area contributed by atoms with E-state index < -0.39 is 17.6 Å².